The number of benzene rings is 3. The smallest absolute Gasteiger partial charge is 0.0643 e. The van der Waals surface area contributed by atoms with Crippen LogP contribution in [0.5, 0.6) is 0 Å². The molecule has 3 aromatic rings. The van der Waals surface area contributed by atoms with Crippen LogP contribution in [0.15, 0.2) is 96.0 Å². The Labute approximate surface area is 150 Å². The first kappa shape index (κ1) is 16.9. The molecular weight excluding hydrogens is 302 g/mol. The summed E-state index contributed by atoms with van der Waals surface area (Å²) >= 11 is 0. The lowest BCUT2D eigenvalue weighted by molar-refractivity contribution is 1.06. The van der Waals surface area contributed by atoms with Crippen molar-refractivity contribution in [2.24, 2.45) is 4.99 Å². The van der Waals surface area contributed by atoms with E-state index in [4.69, 9.17) is 4.99 Å². The van der Waals surface area contributed by atoms with Gasteiger partial charge >= 0.3 is 0 Å². The highest BCUT2D eigenvalue weighted by Crippen LogP contribution is 2.11. The van der Waals surface area contributed by atoms with Crippen LogP contribution < -0.4 is 0 Å². The zero-order chi connectivity index (χ0) is 17.3. The molecular formula is C24H23N. The van der Waals surface area contributed by atoms with Gasteiger partial charge in [0.25, 0.3) is 0 Å². The largest absolute Gasteiger partial charge is 0.285 e. The molecule has 124 valence electrons. The number of hydrogen-bond donors (Lipinski definition) is 0. The fourth-order valence-corrected chi connectivity index (χ4v) is 2.70. The molecule has 25 heavy (non-hydrogen) atoms. The highest BCUT2D eigenvalue weighted by molar-refractivity contribution is 5.98. The van der Waals surface area contributed by atoms with Gasteiger partial charge in [-0.25, -0.2) is 0 Å². The molecule has 0 radical (unpaired) electrons. The summed E-state index contributed by atoms with van der Waals surface area (Å²) in [7, 11) is 0. The molecule has 0 aliphatic heterocycles. The second-order valence-electron chi connectivity index (χ2n) is 6.10. The predicted octanol–water partition coefficient (Wildman–Crippen LogP) is 5.95. The van der Waals surface area contributed by atoms with Crippen LogP contribution in [0, 0.1) is 0 Å². The van der Waals surface area contributed by atoms with E-state index in [9.17, 15) is 0 Å². The van der Waals surface area contributed by atoms with E-state index in [1.54, 1.807) is 0 Å². The summed E-state index contributed by atoms with van der Waals surface area (Å²) < 4.78 is 0. The summed E-state index contributed by atoms with van der Waals surface area (Å²) in [5.74, 6) is 0. The lowest BCUT2D eigenvalue weighted by Gasteiger charge is -2.04. The van der Waals surface area contributed by atoms with Crippen molar-refractivity contribution >= 4 is 11.8 Å². The Morgan fingerprint density at radius 1 is 0.800 bits per heavy atom. The fraction of sp³-hybridized carbons (Fsp3) is 0.125. The molecule has 0 unspecified atom stereocenters. The average molecular weight is 325 g/mol. The third-order valence-electron chi connectivity index (χ3n) is 4.15. The summed E-state index contributed by atoms with van der Waals surface area (Å²) in [5.41, 5.74) is 6.06. The molecule has 3 aromatic carbocycles. The number of allylic oxidation sites excluding steroid dienone is 1. The van der Waals surface area contributed by atoms with Gasteiger partial charge in [0.2, 0.25) is 0 Å². The fourth-order valence-electron chi connectivity index (χ4n) is 2.70. The van der Waals surface area contributed by atoms with Gasteiger partial charge in [-0.1, -0.05) is 91.0 Å². The number of rotatable bonds is 6. The third-order valence-corrected chi connectivity index (χ3v) is 4.15. The highest BCUT2D eigenvalue weighted by atomic mass is 14.7. The Bertz CT molecular complexity index is 846. The van der Waals surface area contributed by atoms with Crippen LogP contribution in [0.2, 0.25) is 0 Å². The van der Waals surface area contributed by atoms with Crippen LogP contribution in [0.25, 0.3) is 6.08 Å². The predicted molar refractivity (Wildman–Crippen MR) is 108 cm³/mol. The molecule has 0 aliphatic rings. The molecule has 0 aromatic heterocycles. The molecule has 0 bridgehead atoms. The maximum Gasteiger partial charge on any atom is 0.0643 e. The Morgan fingerprint density at radius 2 is 1.48 bits per heavy atom. The van der Waals surface area contributed by atoms with E-state index in [0.29, 0.717) is 0 Å². The van der Waals surface area contributed by atoms with Gasteiger partial charge in [0.05, 0.1) is 6.54 Å². The SMILES string of the molecule is CC(=NCc1ccccc1)c1cccc(C/C=C/c2ccccc2)c1. The van der Waals surface area contributed by atoms with Crippen molar-refractivity contribution in [1.82, 2.24) is 0 Å². The zero-order valence-corrected chi connectivity index (χ0v) is 14.6. The van der Waals surface area contributed by atoms with Gasteiger partial charge in [-0.2, -0.15) is 0 Å². The quantitative estimate of drug-likeness (QED) is 0.496. The molecule has 0 N–H and O–H groups in total. The molecule has 3 rings (SSSR count). The van der Waals surface area contributed by atoms with Crippen molar-refractivity contribution in [1.29, 1.82) is 0 Å². The third kappa shape index (κ3) is 5.29. The van der Waals surface area contributed by atoms with Crippen molar-refractivity contribution in [2.45, 2.75) is 19.9 Å². The first-order valence-electron chi connectivity index (χ1n) is 8.67. The van der Waals surface area contributed by atoms with Crippen molar-refractivity contribution in [3.05, 3.63) is 113 Å². The lowest BCUT2D eigenvalue weighted by atomic mass is 10.0. The Kier molecular flexibility index (Phi) is 5.95. The van der Waals surface area contributed by atoms with Gasteiger partial charge in [0.15, 0.2) is 0 Å². The monoisotopic (exact) mass is 325 g/mol. The zero-order valence-electron chi connectivity index (χ0n) is 14.6. The van der Waals surface area contributed by atoms with Crippen molar-refractivity contribution in [3.63, 3.8) is 0 Å². The van der Waals surface area contributed by atoms with Crippen molar-refractivity contribution in [3.8, 4) is 0 Å². The Morgan fingerprint density at radius 3 is 2.24 bits per heavy atom. The lowest BCUT2D eigenvalue weighted by Crippen LogP contribution is -1.97. The molecule has 0 spiro atoms. The second kappa shape index (κ2) is 8.79. The second-order valence-corrected chi connectivity index (χ2v) is 6.10. The Hall–Kier alpha value is -2.93. The van der Waals surface area contributed by atoms with Crippen molar-refractivity contribution in [2.75, 3.05) is 0 Å². The van der Waals surface area contributed by atoms with E-state index in [-0.39, 0.29) is 0 Å². The average Bonchev–Trinajstić information content (AvgIpc) is 2.68. The van der Waals surface area contributed by atoms with Crippen LogP contribution in [-0.4, -0.2) is 5.71 Å². The van der Waals surface area contributed by atoms with Crippen LogP contribution in [-0.2, 0) is 13.0 Å². The van der Waals surface area contributed by atoms with Crippen LogP contribution in [0.3, 0.4) is 0 Å². The topological polar surface area (TPSA) is 12.4 Å². The van der Waals surface area contributed by atoms with Crippen LogP contribution >= 0.6 is 0 Å². The minimum atomic E-state index is 0.727. The van der Waals surface area contributed by atoms with Gasteiger partial charge < -0.3 is 0 Å². The maximum atomic E-state index is 4.73. The molecule has 0 atom stereocenters. The Balaban J connectivity index is 1.65. The first-order chi connectivity index (χ1) is 12.3. The molecule has 0 amide bonds. The molecule has 1 nitrogen and oxygen atoms in total. The summed E-state index contributed by atoms with van der Waals surface area (Å²) in [4.78, 5) is 4.73. The van der Waals surface area contributed by atoms with Gasteiger partial charge in [0.1, 0.15) is 0 Å². The van der Waals surface area contributed by atoms with E-state index >= 15 is 0 Å². The minimum absolute atomic E-state index is 0.727. The van der Waals surface area contributed by atoms with Gasteiger partial charge in [-0.05, 0) is 41.7 Å². The van der Waals surface area contributed by atoms with Crippen LogP contribution in [0.4, 0.5) is 0 Å². The van der Waals surface area contributed by atoms with E-state index in [1.807, 2.05) is 12.1 Å². The molecule has 1 heteroatoms. The van der Waals surface area contributed by atoms with E-state index < -0.39 is 0 Å². The van der Waals surface area contributed by atoms with E-state index in [1.165, 1.54) is 22.3 Å². The van der Waals surface area contributed by atoms with Crippen LogP contribution in [0.1, 0.15) is 29.2 Å². The van der Waals surface area contributed by atoms with Gasteiger partial charge in [-0.3, -0.25) is 4.99 Å². The summed E-state index contributed by atoms with van der Waals surface area (Å²) in [6.07, 6.45) is 5.31. The summed E-state index contributed by atoms with van der Waals surface area (Å²) in [6.45, 7) is 2.81. The molecule has 0 saturated carbocycles. The van der Waals surface area contributed by atoms with E-state index in [0.717, 1.165) is 18.7 Å². The molecule has 0 aliphatic carbocycles. The summed E-state index contributed by atoms with van der Waals surface area (Å²) in [5, 5.41) is 0. The van der Waals surface area contributed by atoms with Gasteiger partial charge in [0, 0.05) is 5.71 Å². The minimum Gasteiger partial charge on any atom is -0.285 e. The first-order valence-corrected chi connectivity index (χ1v) is 8.67. The van der Waals surface area contributed by atoms with E-state index in [2.05, 4.69) is 91.9 Å². The molecule has 0 fully saturated rings. The standard InChI is InChI=1S/C24H23N/c1-20(25-19-23-12-6-3-7-13-23)24-17-9-16-22(18-24)15-8-14-21-10-4-2-5-11-21/h2-14,16-18H,15,19H2,1H3/b14-8+,25-20?. The number of aliphatic imine (C=N–C) groups is 1. The summed E-state index contributed by atoms with van der Waals surface area (Å²) in [6, 6.07) is 29.4. The number of nitrogens with zero attached hydrogens (tertiary/aromatic N) is 1. The highest BCUT2D eigenvalue weighted by Gasteiger charge is 1.99. The molecule has 0 saturated heterocycles. The van der Waals surface area contributed by atoms with Gasteiger partial charge in [-0.15, -0.1) is 0 Å². The molecule has 0 heterocycles. The van der Waals surface area contributed by atoms with Crippen molar-refractivity contribution < 1.29 is 0 Å². The maximum absolute atomic E-state index is 4.73. The normalized spacial score (nSPS) is 11.8. The number of hydrogen-bond acceptors (Lipinski definition) is 1.